The number of carbonyl (C=O) groups is 1. The summed E-state index contributed by atoms with van der Waals surface area (Å²) in [5.41, 5.74) is 2.02. The number of alkyl halides is 4. The number of hydrogen-bond acceptors (Lipinski definition) is 4. The van der Waals surface area contributed by atoms with E-state index in [2.05, 4.69) is 4.74 Å². The average molecular weight is 400 g/mol. The Balaban J connectivity index is 1.82. The summed E-state index contributed by atoms with van der Waals surface area (Å²) in [5, 5.41) is 0. The molecule has 0 spiro atoms. The topological polar surface area (TPSA) is 44.8 Å². The highest BCUT2D eigenvalue weighted by Gasteiger charge is 2.30. The lowest BCUT2D eigenvalue weighted by atomic mass is 10.1. The fourth-order valence-corrected chi connectivity index (χ4v) is 2.39. The molecule has 0 amide bonds. The molecular weight excluding hydrogens is 380 g/mol. The Morgan fingerprint density at radius 3 is 2.18 bits per heavy atom. The number of esters is 1. The summed E-state index contributed by atoms with van der Waals surface area (Å²) in [5.74, 6) is -0.211. The van der Waals surface area contributed by atoms with Gasteiger partial charge in [0.1, 0.15) is 11.9 Å². The van der Waals surface area contributed by atoms with Crippen molar-refractivity contribution < 1.29 is 36.6 Å². The Labute approximate surface area is 160 Å². The van der Waals surface area contributed by atoms with Crippen LogP contribution >= 0.6 is 0 Å². The van der Waals surface area contributed by atoms with Crippen LogP contribution in [0.2, 0.25) is 0 Å². The SMILES string of the molecule is COCc1ccc(C(=O)Oc2ccc(CCC(F)COC(F)(F)F)cc2)cc1. The highest BCUT2D eigenvalue weighted by molar-refractivity contribution is 5.91. The molecule has 0 bridgehead atoms. The van der Waals surface area contributed by atoms with Crippen LogP contribution in [-0.2, 0) is 22.5 Å². The van der Waals surface area contributed by atoms with Crippen molar-refractivity contribution in [3.8, 4) is 5.75 Å². The van der Waals surface area contributed by atoms with Gasteiger partial charge in [-0.1, -0.05) is 24.3 Å². The maximum Gasteiger partial charge on any atom is 0.522 e. The average Bonchev–Trinajstić information content (AvgIpc) is 2.66. The third-order valence-corrected chi connectivity index (χ3v) is 3.81. The van der Waals surface area contributed by atoms with Crippen molar-refractivity contribution in [3.63, 3.8) is 0 Å². The van der Waals surface area contributed by atoms with Gasteiger partial charge in [0.05, 0.1) is 18.8 Å². The molecule has 4 nitrogen and oxygen atoms in total. The van der Waals surface area contributed by atoms with E-state index in [1.807, 2.05) is 0 Å². The molecule has 8 heteroatoms. The monoisotopic (exact) mass is 400 g/mol. The quantitative estimate of drug-likeness (QED) is 0.343. The second-order valence-corrected chi connectivity index (χ2v) is 6.06. The maximum absolute atomic E-state index is 13.4. The van der Waals surface area contributed by atoms with E-state index in [9.17, 15) is 22.4 Å². The molecule has 1 unspecified atom stereocenters. The molecule has 0 saturated heterocycles. The summed E-state index contributed by atoms with van der Waals surface area (Å²) in [7, 11) is 1.58. The van der Waals surface area contributed by atoms with Crippen LogP contribution < -0.4 is 4.74 Å². The van der Waals surface area contributed by atoms with Crippen LogP contribution in [0.3, 0.4) is 0 Å². The van der Waals surface area contributed by atoms with Crippen molar-refractivity contribution >= 4 is 5.97 Å². The molecule has 2 aromatic carbocycles. The molecule has 0 saturated carbocycles. The predicted molar refractivity (Wildman–Crippen MR) is 93.8 cm³/mol. The van der Waals surface area contributed by atoms with Gasteiger partial charge in [0, 0.05) is 7.11 Å². The number of benzene rings is 2. The minimum Gasteiger partial charge on any atom is -0.423 e. The Morgan fingerprint density at radius 2 is 1.61 bits per heavy atom. The molecule has 0 aliphatic rings. The summed E-state index contributed by atoms with van der Waals surface area (Å²) in [6.07, 6.45) is -6.43. The fraction of sp³-hybridized carbons (Fsp3) is 0.350. The van der Waals surface area contributed by atoms with Crippen LogP contribution in [0.25, 0.3) is 0 Å². The zero-order valence-corrected chi connectivity index (χ0v) is 15.2. The van der Waals surface area contributed by atoms with Crippen LogP contribution in [0.15, 0.2) is 48.5 Å². The normalized spacial score (nSPS) is 12.6. The molecule has 0 heterocycles. The Bertz CT molecular complexity index is 742. The van der Waals surface area contributed by atoms with Crippen molar-refractivity contribution in [2.24, 2.45) is 0 Å². The first-order valence-corrected chi connectivity index (χ1v) is 8.50. The van der Waals surface area contributed by atoms with Crippen molar-refractivity contribution in [2.75, 3.05) is 13.7 Å². The van der Waals surface area contributed by atoms with Crippen molar-refractivity contribution in [1.29, 1.82) is 0 Å². The summed E-state index contributed by atoms with van der Waals surface area (Å²) in [4.78, 5) is 12.1. The second-order valence-electron chi connectivity index (χ2n) is 6.06. The van der Waals surface area contributed by atoms with Gasteiger partial charge in [0.2, 0.25) is 0 Å². The van der Waals surface area contributed by atoms with Gasteiger partial charge >= 0.3 is 12.3 Å². The largest absolute Gasteiger partial charge is 0.522 e. The number of aryl methyl sites for hydroxylation is 1. The number of halogens is 4. The van der Waals surface area contributed by atoms with E-state index in [0.717, 1.165) is 5.56 Å². The molecule has 28 heavy (non-hydrogen) atoms. The molecular formula is C20H20F4O4. The summed E-state index contributed by atoms with van der Waals surface area (Å²) in [6, 6.07) is 13.1. The van der Waals surface area contributed by atoms with E-state index < -0.39 is 25.1 Å². The second kappa shape index (κ2) is 10.2. The Kier molecular flexibility index (Phi) is 7.95. The van der Waals surface area contributed by atoms with Gasteiger partial charge in [-0.2, -0.15) is 0 Å². The molecule has 152 valence electrons. The van der Waals surface area contributed by atoms with Crippen molar-refractivity contribution in [1.82, 2.24) is 0 Å². The summed E-state index contributed by atoms with van der Waals surface area (Å²) < 4.78 is 62.8. The van der Waals surface area contributed by atoms with Gasteiger partial charge in [-0.15, -0.1) is 13.2 Å². The van der Waals surface area contributed by atoms with Gasteiger partial charge < -0.3 is 9.47 Å². The Morgan fingerprint density at radius 1 is 1.00 bits per heavy atom. The molecule has 0 aliphatic heterocycles. The summed E-state index contributed by atoms with van der Waals surface area (Å²) in [6.45, 7) is -0.582. The molecule has 1 atom stereocenters. The number of carbonyl (C=O) groups excluding carboxylic acids is 1. The van der Waals surface area contributed by atoms with Crippen LogP contribution in [0.4, 0.5) is 17.6 Å². The van der Waals surface area contributed by atoms with Crippen LogP contribution in [0.5, 0.6) is 5.75 Å². The van der Waals surface area contributed by atoms with E-state index in [1.165, 1.54) is 0 Å². The minimum atomic E-state index is -4.83. The van der Waals surface area contributed by atoms with E-state index in [4.69, 9.17) is 9.47 Å². The lowest BCUT2D eigenvalue weighted by Gasteiger charge is -2.11. The molecule has 0 radical (unpaired) electrons. The summed E-state index contributed by atoms with van der Waals surface area (Å²) >= 11 is 0. The highest BCUT2D eigenvalue weighted by atomic mass is 19.4. The number of methoxy groups -OCH3 is 1. The van der Waals surface area contributed by atoms with E-state index >= 15 is 0 Å². The first-order chi connectivity index (χ1) is 13.3. The van der Waals surface area contributed by atoms with E-state index in [0.29, 0.717) is 23.5 Å². The van der Waals surface area contributed by atoms with Gasteiger partial charge in [0.25, 0.3) is 0 Å². The molecule has 2 rings (SSSR count). The van der Waals surface area contributed by atoms with Gasteiger partial charge in [-0.25, -0.2) is 9.18 Å². The molecule has 0 aromatic heterocycles. The van der Waals surface area contributed by atoms with E-state index in [-0.39, 0.29) is 12.8 Å². The molecule has 0 aliphatic carbocycles. The maximum atomic E-state index is 13.4. The van der Waals surface area contributed by atoms with Gasteiger partial charge in [0.15, 0.2) is 0 Å². The van der Waals surface area contributed by atoms with E-state index in [1.54, 1.807) is 55.6 Å². The van der Waals surface area contributed by atoms with Gasteiger partial charge in [-0.05, 0) is 48.2 Å². The number of ether oxygens (including phenoxy) is 3. The first-order valence-electron chi connectivity index (χ1n) is 8.50. The number of hydrogen-bond donors (Lipinski definition) is 0. The molecule has 0 fully saturated rings. The lowest BCUT2D eigenvalue weighted by molar-refractivity contribution is -0.328. The standard InChI is InChI=1S/C20H20F4O4/c1-26-12-15-2-7-16(8-3-15)19(25)28-18-10-5-14(6-11-18)4-9-17(21)13-27-20(22,23)24/h2-3,5-8,10-11,17H,4,9,12-13H2,1H3. The first kappa shape index (κ1) is 21.8. The molecule has 2 aromatic rings. The van der Waals surface area contributed by atoms with Crippen molar-refractivity contribution in [2.45, 2.75) is 32.0 Å². The minimum absolute atomic E-state index is 0.108. The van der Waals surface area contributed by atoms with Crippen LogP contribution in [0.1, 0.15) is 27.9 Å². The predicted octanol–water partition coefficient (Wildman–Crippen LogP) is 4.86. The van der Waals surface area contributed by atoms with Crippen molar-refractivity contribution in [3.05, 3.63) is 65.2 Å². The van der Waals surface area contributed by atoms with Gasteiger partial charge in [-0.3, -0.25) is 4.74 Å². The van der Waals surface area contributed by atoms with Crippen LogP contribution in [-0.4, -0.2) is 32.2 Å². The lowest BCUT2D eigenvalue weighted by Crippen LogP contribution is -2.20. The molecule has 0 N–H and O–H groups in total. The zero-order chi connectivity index (χ0) is 20.6. The zero-order valence-electron chi connectivity index (χ0n) is 15.2. The third-order valence-electron chi connectivity index (χ3n) is 3.81. The Hall–Kier alpha value is -2.45. The fourth-order valence-electron chi connectivity index (χ4n) is 2.39. The third kappa shape index (κ3) is 7.66. The smallest absolute Gasteiger partial charge is 0.423 e. The highest BCUT2D eigenvalue weighted by Crippen LogP contribution is 2.19. The number of rotatable bonds is 9. The van der Waals surface area contributed by atoms with Crippen LogP contribution in [0, 0.1) is 0 Å².